The Morgan fingerprint density at radius 2 is 1.09 bits per heavy atom. The third-order valence-electron chi connectivity index (χ3n) is 10.1. The highest BCUT2D eigenvalue weighted by Gasteiger charge is 2.21. The van der Waals surface area contributed by atoms with Gasteiger partial charge in [0.1, 0.15) is 0 Å². The molecule has 0 aliphatic heterocycles. The van der Waals surface area contributed by atoms with Crippen molar-refractivity contribution in [2.24, 2.45) is 0 Å². The van der Waals surface area contributed by atoms with Gasteiger partial charge in [0.15, 0.2) is 17.5 Å². The topological polar surface area (TPSA) is 43.6 Å². The van der Waals surface area contributed by atoms with Crippen molar-refractivity contribution >= 4 is 64.1 Å². The van der Waals surface area contributed by atoms with Crippen molar-refractivity contribution < 1.29 is 6.85 Å². The zero-order valence-electron chi connectivity index (χ0n) is 33.6. The van der Waals surface area contributed by atoms with Crippen molar-refractivity contribution in [1.29, 1.82) is 0 Å². The van der Waals surface area contributed by atoms with Gasteiger partial charge in [-0.1, -0.05) is 145 Å². The van der Waals surface area contributed by atoms with Gasteiger partial charge in [0.05, 0.1) is 17.9 Å². The van der Waals surface area contributed by atoms with E-state index >= 15 is 0 Å². The van der Waals surface area contributed by atoms with Crippen molar-refractivity contribution in [3.8, 4) is 51.0 Å². The van der Waals surface area contributed by atoms with Crippen molar-refractivity contribution in [3.63, 3.8) is 0 Å². The highest BCUT2D eigenvalue weighted by molar-refractivity contribution is 7.26. The van der Waals surface area contributed by atoms with Crippen molar-refractivity contribution in [2.45, 2.75) is 0 Å². The van der Waals surface area contributed by atoms with Crippen molar-refractivity contribution in [3.05, 3.63) is 182 Å². The Morgan fingerprint density at radius 3 is 1.87 bits per heavy atom. The van der Waals surface area contributed by atoms with Crippen LogP contribution in [0.1, 0.15) is 6.85 Å². The van der Waals surface area contributed by atoms with Gasteiger partial charge in [-0.05, 0) is 58.3 Å². The molecule has 4 nitrogen and oxygen atoms in total. The summed E-state index contributed by atoms with van der Waals surface area (Å²) in [4.78, 5) is 15.1. The molecule has 0 aliphatic carbocycles. The van der Waals surface area contributed by atoms with Gasteiger partial charge < -0.3 is 4.57 Å². The second-order valence-electron chi connectivity index (χ2n) is 13.3. The summed E-state index contributed by atoms with van der Waals surface area (Å²) < 4.78 is 47.5. The second-order valence-corrected chi connectivity index (χ2v) is 14.3. The number of hydrogen-bond acceptors (Lipinski definition) is 4. The van der Waals surface area contributed by atoms with Crippen LogP contribution in [0.2, 0.25) is 0 Å². The van der Waals surface area contributed by atoms with E-state index in [0.717, 1.165) is 75.1 Å². The van der Waals surface area contributed by atoms with Gasteiger partial charge in [-0.25, -0.2) is 15.0 Å². The predicted molar refractivity (Wildman–Crippen MR) is 226 cm³/mol. The molecule has 0 radical (unpaired) electrons. The molecule has 252 valence electrons. The van der Waals surface area contributed by atoms with E-state index in [4.69, 9.17) is 21.8 Å². The number of para-hydroxylation sites is 2. The summed E-state index contributed by atoms with van der Waals surface area (Å²) in [7, 11) is 0. The number of thiophene rings is 1. The molecule has 0 amide bonds. The summed E-state index contributed by atoms with van der Waals surface area (Å²) in [5.74, 6) is 0.649. The Labute approximate surface area is 322 Å². The van der Waals surface area contributed by atoms with Crippen LogP contribution in [0.4, 0.5) is 0 Å². The molecule has 3 heterocycles. The summed E-state index contributed by atoms with van der Waals surface area (Å²) in [5.41, 5.74) is 6.61. The second kappa shape index (κ2) is 12.3. The van der Waals surface area contributed by atoms with Gasteiger partial charge in [0.25, 0.3) is 0 Å². The molecular formula is C49H30N4S. The van der Waals surface area contributed by atoms with E-state index < -0.39 is 18.1 Å². The van der Waals surface area contributed by atoms with E-state index in [-0.39, 0.29) is 23.5 Å². The Hall–Kier alpha value is -6.95. The van der Waals surface area contributed by atoms with Gasteiger partial charge in [-0.15, -0.1) is 11.3 Å². The maximum Gasteiger partial charge on any atom is 0.165 e. The number of benzene rings is 8. The highest BCUT2D eigenvalue weighted by atomic mass is 32.1. The van der Waals surface area contributed by atoms with Gasteiger partial charge in [-0.2, -0.15) is 0 Å². The lowest BCUT2D eigenvalue weighted by atomic mass is 10.0. The monoisotopic (exact) mass is 711 g/mol. The minimum Gasteiger partial charge on any atom is -0.309 e. The largest absolute Gasteiger partial charge is 0.309 e. The fourth-order valence-corrected chi connectivity index (χ4v) is 8.83. The van der Waals surface area contributed by atoms with Crippen LogP contribution in [-0.4, -0.2) is 19.5 Å². The fraction of sp³-hybridized carbons (Fsp3) is 0. The molecule has 0 atom stereocenters. The summed E-state index contributed by atoms with van der Waals surface area (Å²) in [6.07, 6.45) is 0. The summed E-state index contributed by atoms with van der Waals surface area (Å²) in [5, 5.41) is 6.42. The van der Waals surface area contributed by atoms with Crippen LogP contribution in [0.15, 0.2) is 182 Å². The predicted octanol–water partition coefficient (Wildman–Crippen LogP) is 13.2. The maximum atomic E-state index is 8.93. The zero-order valence-corrected chi connectivity index (χ0v) is 29.4. The summed E-state index contributed by atoms with van der Waals surface area (Å²) in [6.45, 7) is 0. The normalized spacial score (nSPS) is 13.0. The molecule has 0 saturated heterocycles. The van der Waals surface area contributed by atoms with E-state index in [2.05, 4.69) is 95.6 Å². The number of fused-ring (bicyclic) bond motifs is 7. The molecule has 54 heavy (non-hydrogen) atoms. The minimum atomic E-state index is -0.478. The number of hydrogen-bond donors (Lipinski definition) is 0. The molecule has 0 saturated carbocycles. The number of aromatic nitrogens is 4. The number of nitrogens with zero attached hydrogens (tertiary/aromatic N) is 4. The molecule has 0 bridgehead atoms. The zero-order chi connectivity index (χ0) is 39.9. The van der Waals surface area contributed by atoms with Crippen molar-refractivity contribution in [1.82, 2.24) is 19.5 Å². The lowest BCUT2D eigenvalue weighted by Gasteiger charge is -2.13. The smallest absolute Gasteiger partial charge is 0.165 e. The van der Waals surface area contributed by atoms with Gasteiger partial charge in [0.2, 0.25) is 0 Å². The van der Waals surface area contributed by atoms with E-state index in [1.165, 1.54) is 0 Å². The molecule has 11 aromatic rings. The standard InChI is InChI=1S/C49H30N4S/c1-3-13-31(14-4-1)35-25-26-40-41-29-37(53-43-21-11-9-19-38(43)39-20-10-12-22-44(39)53)30-42(46(41)54-45(40)28-35)49-51-47(33-16-5-2-6-17-33)50-48(52-49)36-24-23-32-15-7-8-18-34(32)27-36/h1-30H/i2D,5D,6D,16D,17D. The van der Waals surface area contributed by atoms with E-state index in [1.807, 2.05) is 60.7 Å². The lowest BCUT2D eigenvalue weighted by Crippen LogP contribution is -2.01. The molecule has 3 aromatic heterocycles. The third-order valence-corrected chi connectivity index (χ3v) is 11.3. The van der Waals surface area contributed by atoms with Crippen LogP contribution in [-0.2, 0) is 0 Å². The van der Waals surface area contributed by atoms with Crippen LogP contribution in [0.5, 0.6) is 0 Å². The van der Waals surface area contributed by atoms with Gasteiger partial charge in [-0.3, -0.25) is 0 Å². The first-order valence-corrected chi connectivity index (χ1v) is 18.5. The van der Waals surface area contributed by atoms with E-state index in [1.54, 1.807) is 11.3 Å². The molecule has 11 rings (SSSR count). The van der Waals surface area contributed by atoms with Crippen LogP contribution < -0.4 is 0 Å². The van der Waals surface area contributed by atoms with Crippen molar-refractivity contribution in [2.75, 3.05) is 0 Å². The van der Waals surface area contributed by atoms with Gasteiger partial charge >= 0.3 is 0 Å². The first-order valence-electron chi connectivity index (χ1n) is 20.2. The Bertz CT molecular complexity index is 3440. The maximum absolute atomic E-state index is 8.93. The van der Waals surface area contributed by atoms with Crippen LogP contribution >= 0.6 is 11.3 Å². The quantitative estimate of drug-likeness (QED) is 0.178. The molecule has 0 spiro atoms. The molecule has 5 heteroatoms. The number of rotatable bonds is 5. The van der Waals surface area contributed by atoms with Crippen LogP contribution in [0, 0.1) is 0 Å². The average molecular weight is 712 g/mol. The molecular weight excluding hydrogens is 677 g/mol. The SMILES string of the molecule is [2H]c1c([2H])c([2H])c(-c2nc(-c3ccc4ccccc4c3)nc(-c3cc(-n4c5ccccc5c5ccccc54)cc4c3sc3cc(-c5ccccc5)ccc34)n2)c([2H])c1[2H]. The first kappa shape index (κ1) is 25.9. The summed E-state index contributed by atoms with van der Waals surface area (Å²) >= 11 is 1.65. The molecule has 0 fully saturated rings. The van der Waals surface area contributed by atoms with Crippen LogP contribution in [0.3, 0.4) is 0 Å². The molecule has 8 aromatic carbocycles. The molecule has 0 N–H and O–H groups in total. The average Bonchev–Trinajstić information content (AvgIpc) is 3.83. The molecule has 0 unspecified atom stereocenters. The summed E-state index contributed by atoms with van der Waals surface area (Å²) in [6, 6.07) is 49.9. The minimum absolute atomic E-state index is 0.00181. The van der Waals surface area contributed by atoms with E-state index in [0.29, 0.717) is 17.2 Å². The van der Waals surface area contributed by atoms with E-state index in [9.17, 15) is 0 Å². The van der Waals surface area contributed by atoms with Crippen LogP contribution in [0.25, 0.3) is 104 Å². The Kier molecular flexibility index (Phi) is 5.92. The molecule has 0 aliphatic rings. The highest BCUT2D eigenvalue weighted by Crippen LogP contribution is 2.44. The Morgan fingerprint density at radius 1 is 0.444 bits per heavy atom. The fourth-order valence-electron chi connectivity index (χ4n) is 7.60. The Balaban J connectivity index is 1.25. The third kappa shape index (κ3) is 5.01. The van der Waals surface area contributed by atoms with Gasteiger partial charge in [0, 0.05) is 53.3 Å². The first-order chi connectivity index (χ1) is 28.8. The lowest BCUT2D eigenvalue weighted by molar-refractivity contribution is 1.08.